The molecule has 0 spiro atoms. The minimum absolute atomic E-state index is 0.249. The fourth-order valence-corrected chi connectivity index (χ4v) is 3.21. The minimum Gasteiger partial charge on any atom is -0.319 e. The molecular weight excluding hydrogens is 210 g/mol. The number of halogens is 2. The van der Waals surface area contributed by atoms with Gasteiger partial charge in [-0.15, -0.1) is 0 Å². The SMILES string of the molecule is CC(C)C1CCCC(OC(F)F)C1C(C)C. The van der Waals surface area contributed by atoms with Crippen molar-refractivity contribution < 1.29 is 13.5 Å². The first-order valence-electron chi connectivity index (χ1n) is 6.37. The topological polar surface area (TPSA) is 9.23 Å². The van der Waals surface area contributed by atoms with Gasteiger partial charge in [-0.1, -0.05) is 34.1 Å². The van der Waals surface area contributed by atoms with Crippen molar-refractivity contribution in [2.24, 2.45) is 23.7 Å². The molecule has 16 heavy (non-hydrogen) atoms. The van der Waals surface area contributed by atoms with Crippen LogP contribution in [0, 0.1) is 23.7 Å². The van der Waals surface area contributed by atoms with Crippen LogP contribution in [0.3, 0.4) is 0 Å². The summed E-state index contributed by atoms with van der Waals surface area (Å²) in [6.45, 7) is 5.98. The van der Waals surface area contributed by atoms with E-state index in [9.17, 15) is 8.78 Å². The Morgan fingerprint density at radius 2 is 1.62 bits per heavy atom. The maximum atomic E-state index is 12.4. The smallest absolute Gasteiger partial charge is 0.319 e. The highest BCUT2D eigenvalue weighted by molar-refractivity contribution is 4.86. The lowest BCUT2D eigenvalue weighted by Gasteiger charge is -2.42. The fourth-order valence-electron chi connectivity index (χ4n) is 3.21. The fraction of sp³-hybridized carbons (Fsp3) is 1.00. The maximum Gasteiger partial charge on any atom is 0.345 e. The lowest BCUT2D eigenvalue weighted by Crippen LogP contribution is -2.40. The van der Waals surface area contributed by atoms with Crippen LogP contribution in [-0.2, 0) is 4.74 Å². The van der Waals surface area contributed by atoms with Gasteiger partial charge in [-0.3, -0.25) is 0 Å². The van der Waals surface area contributed by atoms with Crippen LogP contribution >= 0.6 is 0 Å². The van der Waals surface area contributed by atoms with Crippen LogP contribution in [0.5, 0.6) is 0 Å². The lowest BCUT2D eigenvalue weighted by molar-refractivity contribution is -0.197. The van der Waals surface area contributed by atoms with Gasteiger partial charge in [-0.2, -0.15) is 8.78 Å². The first-order valence-corrected chi connectivity index (χ1v) is 6.37. The molecule has 96 valence electrons. The van der Waals surface area contributed by atoms with E-state index < -0.39 is 6.61 Å². The standard InChI is InChI=1S/C13H24F2O/c1-8(2)10-6-5-7-11(16-13(14)15)12(10)9(3)4/h8-13H,5-7H2,1-4H3. The molecule has 1 saturated carbocycles. The van der Waals surface area contributed by atoms with Gasteiger partial charge in [0.1, 0.15) is 0 Å². The lowest BCUT2D eigenvalue weighted by atomic mass is 9.67. The van der Waals surface area contributed by atoms with E-state index in [0.29, 0.717) is 17.8 Å². The Bertz CT molecular complexity index is 204. The molecule has 3 atom stereocenters. The molecule has 0 saturated heterocycles. The molecule has 0 aromatic heterocycles. The Morgan fingerprint density at radius 1 is 1.00 bits per heavy atom. The molecule has 0 radical (unpaired) electrons. The molecule has 1 nitrogen and oxygen atoms in total. The van der Waals surface area contributed by atoms with Gasteiger partial charge in [0.2, 0.25) is 0 Å². The van der Waals surface area contributed by atoms with Crippen LogP contribution in [0.4, 0.5) is 8.78 Å². The number of hydrogen-bond donors (Lipinski definition) is 0. The van der Waals surface area contributed by atoms with Crippen molar-refractivity contribution in [2.75, 3.05) is 0 Å². The van der Waals surface area contributed by atoms with Crippen LogP contribution in [0.1, 0.15) is 47.0 Å². The summed E-state index contributed by atoms with van der Waals surface area (Å²) in [7, 11) is 0. The second-order valence-corrected chi connectivity index (χ2v) is 5.60. The Labute approximate surface area is 97.6 Å². The summed E-state index contributed by atoms with van der Waals surface area (Å²) in [6.07, 6.45) is 2.71. The molecule has 1 aliphatic carbocycles. The zero-order valence-corrected chi connectivity index (χ0v) is 10.7. The van der Waals surface area contributed by atoms with Crippen molar-refractivity contribution in [2.45, 2.75) is 59.7 Å². The third-order valence-electron chi connectivity index (χ3n) is 3.85. The van der Waals surface area contributed by atoms with Crippen LogP contribution < -0.4 is 0 Å². The van der Waals surface area contributed by atoms with E-state index in [1.807, 2.05) is 0 Å². The normalized spacial score (nSPS) is 31.7. The first kappa shape index (κ1) is 13.9. The van der Waals surface area contributed by atoms with Crippen LogP contribution in [-0.4, -0.2) is 12.7 Å². The average molecular weight is 234 g/mol. The van der Waals surface area contributed by atoms with E-state index in [0.717, 1.165) is 19.3 Å². The molecule has 0 aromatic carbocycles. The summed E-state index contributed by atoms with van der Waals surface area (Å²) in [5, 5.41) is 0. The summed E-state index contributed by atoms with van der Waals surface area (Å²) < 4.78 is 29.5. The first-order chi connectivity index (χ1) is 7.43. The van der Waals surface area contributed by atoms with Crippen molar-refractivity contribution in [3.05, 3.63) is 0 Å². The van der Waals surface area contributed by atoms with E-state index in [4.69, 9.17) is 4.74 Å². The van der Waals surface area contributed by atoms with Crippen LogP contribution in [0.25, 0.3) is 0 Å². The van der Waals surface area contributed by atoms with Crippen molar-refractivity contribution in [3.63, 3.8) is 0 Å². The largest absolute Gasteiger partial charge is 0.345 e. The summed E-state index contributed by atoms with van der Waals surface area (Å²) in [6, 6.07) is 0. The van der Waals surface area contributed by atoms with Gasteiger partial charge in [0.05, 0.1) is 6.10 Å². The Hall–Kier alpha value is -0.180. The monoisotopic (exact) mass is 234 g/mol. The molecule has 3 heteroatoms. The molecule has 1 aliphatic rings. The highest BCUT2D eigenvalue weighted by atomic mass is 19.3. The highest BCUT2D eigenvalue weighted by Gasteiger charge is 2.38. The molecule has 3 unspecified atom stereocenters. The molecule has 0 bridgehead atoms. The van der Waals surface area contributed by atoms with Crippen molar-refractivity contribution >= 4 is 0 Å². The second kappa shape index (κ2) is 5.95. The van der Waals surface area contributed by atoms with Gasteiger partial charge in [0.15, 0.2) is 0 Å². The molecule has 0 amide bonds. The van der Waals surface area contributed by atoms with Gasteiger partial charge in [0, 0.05) is 0 Å². The van der Waals surface area contributed by atoms with Gasteiger partial charge < -0.3 is 4.74 Å². The molecule has 1 rings (SSSR count). The van der Waals surface area contributed by atoms with Crippen molar-refractivity contribution in [1.82, 2.24) is 0 Å². The molecular formula is C13H24F2O. The minimum atomic E-state index is -2.63. The quantitative estimate of drug-likeness (QED) is 0.703. The van der Waals surface area contributed by atoms with E-state index in [2.05, 4.69) is 27.7 Å². The molecule has 0 heterocycles. The van der Waals surface area contributed by atoms with Crippen molar-refractivity contribution in [3.8, 4) is 0 Å². The Kier molecular flexibility index (Phi) is 5.16. The molecule has 1 fully saturated rings. The molecule has 0 N–H and O–H groups in total. The summed E-state index contributed by atoms with van der Waals surface area (Å²) in [4.78, 5) is 0. The Morgan fingerprint density at radius 3 is 2.06 bits per heavy atom. The zero-order valence-electron chi connectivity index (χ0n) is 10.7. The highest BCUT2D eigenvalue weighted by Crippen LogP contribution is 2.41. The maximum absolute atomic E-state index is 12.4. The van der Waals surface area contributed by atoms with E-state index in [-0.39, 0.29) is 12.0 Å². The molecule has 0 aliphatic heterocycles. The number of rotatable bonds is 4. The summed E-state index contributed by atoms with van der Waals surface area (Å²) >= 11 is 0. The second-order valence-electron chi connectivity index (χ2n) is 5.60. The van der Waals surface area contributed by atoms with Gasteiger partial charge in [-0.25, -0.2) is 0 Å². The van der Waals surface area contributed by atoms with Gasteiger partial charge >= 0.3 is 6.61 Å². The Balaban J connectivity index is 2.74. The number of ether oxygens (including phenoxy) is 1. The third kappa shape index (κ3) is 3.41. The van der Waals surface area contributed by atoms with Crippen LogP contribution in [0.15, 0.2) is 0 Å². The number of hydrogen-bond acceptors (Lipinski definition) is 1. The van der Waals surface area contributed by atoms with E-state index in [1.165, 1.54) is 0 Å². The summed E-state index contributed by atoms with van der Waals surface area (Å²) in [5.41, 5.74) is 0. The zero-order chi connectivity index (χ0) is 12.3. The van der Waals surface area contributed by atoms with E-state index in [1.54, 1.807) is 0 Å². The third-order valence-corrected chi connectivity index (χ3v) is 3.85. The molecule has 0 aromatic rings. The van der Waals surface area contributed by atoms with Crippen molar-refractivity contribution in [1.29, 1.82) is 0 Å². The van der Waals surface area contributed by atoms with E-state index >= 15 is 0 Å². The summed E-state index contributed by atoms with van der Waals surface area (Å²) in [5.74, 6) is 1.77. The van der Waals surface area contributed by atoms with Gasteiger partial charge in [0.25, 0.3) is 0 Å². The predicted octanol–water partition coefficient (Wildman–Crippen LogP) is 4.32. The average Bonchev–Trinajstić information content (AvgIpc) is 2.15. The predicted molar refractivity (Wildman–Crippen MR) is 61.4 cm³/mol. The van der Waals surface area contributed by atoms with Gasteiger partial charge in [-0.05, 0) is 36.5 Å². The van der Waals surface area contributed by atoms with Crippen LogP contribution in [0.2, 0.25) is 0 Å². The number of alkyl halides is 2.